The number of piperidine rings is 1. The van der Waals surface area contributed by atoms with Gasteiger partial charge in [-0.2, -0.15) is 13.2 Å². The molecule has 0 amide bonds. The first kappa shape index (κ1) is 19.0. The van der Waals surface area contributed by atoms with Gasteiger partial charge in [0.1, 0.15) is 5.82 Å². The number of nitrogens with zero attached hydrogens (tertiary/aromatic N) is 3. The Balaban J connectivity index is 1.47. The topological polar surface area (TPSA) is 41.3 Å². The van der Waals surface area contributed by atoms with Crippen LogP contribution in [0.25, 0.3) is 11.0 Å². The number of hydrogen-bond acceptors (Lipinski definition) is 3. The summed E-state index contributed by atoms with van der Waals surface area (Å²) in [6, 6.07) is 13.2. The van der Waals surface area contributed by atoms with Crippen LogP contribution in [-0.2, 0) is 19.8 Å². The molecule has 148 valence electrons. The van der Waals surface area contributed by atoms with Crippen molar-refractivity contribution in [2.24, 2.45) is 7.05 Å². The Morgan fingerprint density at radius 1 is 1.14 bits per heavy atom. The van der Waals surface area contributed by atoms with Crippen molar-refractivity contribution in [3.63, 3.8) is 0 Å². The van der Waals surface area contributed by atoms with Gasteiger partial charge in [-0.25, -0.2) is 4.98 Å². The number of aliphatic hydroxyl groups excluding tert-OH is 1. The fourth-order valence-electron chi connectivity index (χ4n) is 4.01. The van der Waals surface area contributed by atoms with Gasteiger partial charge in [0.05, 0.1) is 29.2 Å². The highest BCUT2D eigenvalue weighted by Crippen LogP contribution is 2.34. The summed E-state index contributed by atoms with van der Waals surface area (Å²) in [5, 5.41) is 10.6. The van der Waals surface area contributed by atoms with E-state index in [9.17, 15) is 18.3 Å². The number of aryl methyl sites for hydroxylation is 1. The zero-order chi connectivity index (χ0) is 19.9. The summed E-state index contributed by atoms with van der Waals surface area (Å²) in [5.74, 6) is 0.616. The average Bonchev–Trinajstić information content (AvgIpc) is 2.97. The minimum Gasteiger partial charge on any atom is -0.391 e. The molecule has 1 aromatic heterocycles. The molecular weight excluding hydrogens is 367 g/mol. The third-order valence-electron chi connectivity index (χ3n) is 5.55. The van der Waals surface area contributed by atoms with Crippen LogP contribution in [0, 0.1) is 0 Å². The predicted octanol–water partition coefficient (Wildman–Crippen LogP) is 3.94. The zero-order valence-corrected chi connectivity index (χ0v) is 15.5. The van der Waals surface area contributed by atoms with Gasteiger partial charge in [-0.1, -0.05) is 30.3 Å². The molecule has 1 fully saturated rings. The van der Waals surface area contributed by atoms with Crippen LogP contribution in [0.2, 0.25) is 0 Å². The van der Waals surface area contributed by atoms with Crippen molar-refractivity contribution in [2.75, 3.05) is 13.1 Å². The number of imidazole rings is 1. The molecule has 4 nitrogen and oxygen atoms in total. The van der Waals surface area contributed by atoms with Crippen molar-refractivity contribution < 1.29 is 18.3 Å². The number of halogens is 3. The van der Waals surface area contributed by atoms with E-state index in [0.717, 1.165) is 29.0 Å². The standard InChI is InChI=1S/C21H22F3N3O/c1-26-18-8-3-2-7-17(18)25-20(26)13-27-10-9-16(19(28)12-27)14-5-4-6-15(11-14)21(22,23)24/h2-8,11,16,19,28H,9-10,12-13H2,1H3. The Bertz CT molecular complexity index is 982. The number of alkyl halides is 3. The summed E-state index contributed by atoms with van der Waals surface area (Å²) in [5.41, 5.74) is 1.86. The van der Waals surface area contributed by atoms with Gasteiger partial charge in [0, 0.05) is 19.5 Å². The van der Waals surface area contributed by atoms with Gasteiger partial charge in [-0.3, -0.25) is 4.90 Å². The van der Waals surface area contributed by atoms with Crippen molar-refractivity contribution >= 4 is 11.0 Å². The van der Waals surface area contributed by atoms with Gasteiger partial charge < -0.3 is 9.67 Å². The zero-order valence-electron chi connectivity index (χ0n) is 15.5. The lowest BCUT2D eigenvalue weighted by molar-refractivity contribution is -0.137. The van der Waals surface area contributed by atoms with Crippen LogP contribution in [0.15, 0.2) is 48.5 Å². The molecule has 28 heavy (non-hydrogen) atoms. The lowest BCUT2D eigenvalue weighted by Crippen LogP contribution is -2.42. The fourth-order valence-corrected chi connectivity index (χ4v) is 4.01. The van der Waals surface area contributed by atoms with Gasteiger partial charge >= 0.3 is 6.18 Å². The first-order valence-electron chi connectivity index (χ1n) is 9.31. The summed E-state index contributed by atoms with van der Waals surface area (Å²) in [6.45, 7) is 1.70. The van der Waals surface area contributed by atoms with E-state index in [1.54, 1.807) is 6.07 Å². The minimum atomic E-state index is -4.37. The van der Waals surface area contributed by atoms with E-state index in [0.29, 0.717) is 31.6 Å². The number of rotatable bonds is 3. The SMILES string of the molecule is Cn1c(CN2CCC(c3cccc(C(F)(F)F)c3)C(O)C2)nc2ccccc21. The number of hydrogen-bond donors (Lipinski definition) is 1. The van der Waals surface area contributed by atoms with Crippen molar-refractivity contribution in [3.05, 3.63) is 65.5 Å². The molecule has 0 radical (unpaired) electrons. The third kappa shape index (κ3) is 3.64. The first-order chi connectivity index (χ1) is 13.3. The molecule has 3 aromatic rings. The number of likely N-dealkylation sites (tertiary alicyclic amines) is 1. The Hall–Kier alpha value is -2.38. The molecule has 0 aliphatic carbocycles. The summed E-state index contributed by atoms with van der Waals surface area (Å²) in [4.78, 5) is 6.77. The third-order valence-corrected chi connectivity index (χ3v) is 5.55. The number of aliphatic hydroxyl groups is 1. The first-order valence-corrected chi connectivity index (χ1v) is 9.31. The predicted molar refractivity (Wildman–Crippen MR) is 101 cm³/mol. The smallest absolute Gasteiger partial charge is 0.391 e. The number of β-amino-alcohol motifs (C(OH)–C–C–N with tert-alkyl or cyclic N) is 1. The minimum absolute atomic E-state index is 0.293. The highest BCUT2D eigenvalue weighted by atomic mass is 19.4. The number of aromatic nitrogens is 2. The maximum atomic E-state index is 13.0. The van der Waals surface area contributed by atoms with Crippen molar-refractivity contribution in [3.8, 4) is 0 Å². The van der Waals surface area contributed by atoms with Crippen LogP contribution in [0.3, 0.4) is 0 Å². The highest BCUT2D eigenvalue weighted by Gasteiger charge is 2.33. The van der Waals surface area contributed by atoms with Gasteiger partial charge in [0.15, 0.2) is 0 Å². The molecular formula is C21H22F3N3O. The largest absolute Gasteiger partial charge is 0.416 e. The summed E-state index contributed by atoms with van der Waals surface area (Å²) >= 11 is 0. The molecule has 4 rings (SSSR count). The van der Waals surface area contributed by atoms with Gasteiger partial charge in [0.2, 0.25) is 0 Å². The maximum Gasteiger partial charge on any atom is 0.416 e. The Morgan fingerprint density at radius 2 is 1.93 bits per heavy atom. The van der Waals surface area contributed by atoms with Crippen molar-refractivity contribution in [1.29, 1.82) is 0 Å². The van der Waals surface area contributed by atoms with E-state index in [1.807, 2.05) is 35.9 Å². The van der Waals surface area contributed by atoms with Crippen LogP contribution in [0.1, 0.15) is 29.3 Å². The second-order valence-corrected chi connectivity index (χ2v) is 7.40. The molecule has 2 heterocycles. The van der Waals surface area contributed by atoms with Gasteiger partial charge in [0.25, 0.3) is 0 Å². The molecule has 1 aliphatic rings. The van der Waals surface area contributed by atoms with Crippen molar-refractivity contribution in [1.82, 2.24) is 14.5 Å². The molecule has 0 bridgehead atoms. The van der Waals surface area contributed by atoms with Crippen molar-refractivity contribution in [2.45, 2.75) is 31.2 Å². The van der Waals surface area contributed by atoms with Crippen LogP contribution in [0.5, 0.6) is 0 Å². The second-order valence-electron chi connectivity index (χ2n) is 7.40. The quantitative estimate of drug-likeness (QED) is 0.738. The molecule has 0 spiro atoms. The molecule has 2 aromatic carbocycles. The van der Waals surface area contributed by atoms with E-state index >= 15 is 0 Å². The van der Waals surface area contributed by atoms with Crippen LogP contribution >= 0.6 is 0 Å². The molecule has 1 N–H and O–H groups in total. The summed E-state index contributed by atoms with van der Waals surface area (Å²) < 4.78 is 41.0. The van der Waals surface area contributed by atoms with E-state index in [1.165, 1.54) is 6.07 Å². The van der Waals surface area contributed by atoms with Gasteiger partial charge in [-0.15, -0.1) is 0 Å². The summed E-state index contributed by atoms with van der Waals surface area (Å²) in [6.07, 6.45) is -4.49. The maximum absolute atomic E-state index is 13.0. The number of fused-ring (bicyclic) bond motifs is 1. The number of para-hydroxylation sites is 2. The Kier molecular flexibility index (Phi) is 4.89. The molecule has 1 aliphatic heterocycles. The van der Waals surface area contributed by atoms with E-state index in [4.69, 9.17) is 0 Å². The average molecular weight is 389 g/mol. The number of benzene rings is 2. The lowest BCUT2D eigenvalue weighted by atomic mass is 9.86. The second kappa shape index (κ2) is 7.22. The van der Waals surface area contributed by atoms with Crippen LogP contribution in [-0.4, -0.2) is 38.8 Å². The molecule has 0 saturated carbocycles. The van der Waals surface area contributed by atoms with E-state index < -0.39 is 17.8 Å². The molecule has 2 unspecified atom stereocenters. The molecule has 2 atom stereocenters. The molecule has 1 saturated heterocycles. The van der Waals surface area contributed by atoms with E-state index in [-0.39, 0.29) is 5.92 Å². The molecule has 7 heteroatoms. The Labute approximate surface area is 161 Å². The van der Waals surface area contributed by atoms with Crippen LogP contribution < -0.4 is 0 Å². The monoisotopic (exact) mass is 389 g/mol. The lowest BCUT2D eigenvalue weighted by Gasteiger charge is -2.36. The Morgan fingerprint density at radius 3 is 2.64 bits per heavy atom. The fraction of sp³-hybridized carbons (Fsp3) is 0.381. The highest BCUT2D eigenvalue weighted by molar-refractivity contribution is 5.75. The van der Waals surface area contributed by atoms with Gasteiger partial charge in [-0.05, 0) is 36.7 Å². The normalized spacial score (nSPS) is 21.3. The summed E-state index contributed by atoms with van der Waals surface area (Å²) in [7, 11) is 1.97. The van der Waals surface area contributed by atoms with Crippen LogP contribution in [0.4, 0.5) is 13.2 Å². The van der Waals surface area contributed by atoms with E-state index in [2.05, 4.69) is 9.88 Å².